The third-order valence-electron chi connectivity index (χ3n) is 9.44. The lowest BCUT2D eigenvalue weighted by Gasteiger charge is -2.40. The zero-order valence-electron chi connectivity index (χ0n) is 25.1. The molecule has 4 aliphatic rings. The number of aliphatic hydroxyl groups is 1. The Morgan fingerprint density at radius 2 is 1.37 bits per heavy atom. The van der Waals surface area contributed by atoms with Crippen LogP contribution in [0.1, 0.15) is 38.3 Å². The van der Waals surface area contributed by atoms with E-state index in [0.29, 0.717) is 32.6 Å². The third-order valence-corrected chi connectivity index (χ3v) is 11.2. The summed E-state index contributed by atoms with van der Waals surface area (Å²) in [5.41, 5.74) is 2.04. The molecule has 43 heavy (non-hydrogen) atoms. The number of nitrogens with zero attached hydrogens (tertiary/aromatic N) is 3. The lowest BCUT2D eigenvalue weighted by Crippen LogP contribution is -2.56. The Hall–Kier alpha value is -3.36. The monoisotopic (exact) mass is 599 g/mol. The quantitative estimate of drug-likeness (QED) is 0.459. The normalized spacial score (nSPS) is 30.8. The van der Waals surface area contributed by atoms with Gasteiger partial charge in [0.1, 0.15) is 6.04 Å². The van der Waals surface area contributed by atoms with Crippen molar-refractivity contribution in [3.63, 3.8) is 0 Å². The molecule has 1 spiro atoms. The molecule has 6 atom stereocenters. The Bertz CT molecular complexity index is 1430. The molecule has 0 saturated carbocycles. The maximum absolute atomic E-state index is 14.8. The molecule has 0 aromatic heterocycles. The molecule has 2 aromatic carbocycles. The molecule has 4 heterocycles. The predicted octanol–water partition coefficient (Wildman–Crippen LogP) is 4.28. The van der Waals surface area contributed by atoms with Gasteiger partial charge in [-0.3, -0.25) is 14.4 Å². The maximum Gasteiger partial charge on any atom is 0.247 e. The summed E-state index contributed by atoms with van der Waals surface area (Å²) < 4.78 is -1.60. The summed E-state index contributed by atoms with van der Waals surface area (Å²) in [4.78, 5) is 49.3. The van der Waals surface area contributed by atoms with Crippen LogP contribution in [0.2, 0.25) is 0 Å². The SMILES string of the molecule is CC(C)C[C@H](CO)N1C(=O)[C@@H]2[C@H]3C(=O)N(Cc4ccccc4)CC=C[C@@]3(C)S[C@@]23C=CCN(Cc2ccccc2)C(=O)C13. The van der Waals surface area contributed by atoms with E-state index in [4.69, 9.17) is 0 Å². The molecule has 2 fully saturated rings. The molecule has 1 unspecified atom stereocenters. The topological polar surface area (TPSA) is 81.2 Å². The summed E-state index contributed by atoms with van der Waals surface area (Å²) in [6.45, 7) is 7.69. The van der Waals surface area contributed by atoms with Gasteiger partial charge in [0.25, 0.3) is 0 Å². The van der Waals surface area contributed by atoms with Crippen LogP contribution >= 0.6 is 11.8 Å². The summed E-state index contributed by atoms with van der Waals surface area (Å²) in [5.74, 6) is -1.54. The summed E-state index contributed by atoms with van der Waals surface area (Å²) in [5, 5.41) is 10.6. The predicted molar refractivity (Wildman–Crippen MR) is 169 cm³/mol. The zero-order chi connectivity index (χ0) is 30.4. The van der Waals surface area contributed by atoms with Crippen LogP contribution in [0.4, 0.5) is 0 Å². The summed E-state index contributed by atoms with van der Waals surface area (Å²) >= 11 is 1.59. The van der Waals surface area contributed by atoms with Gasteiger partial charge in [-0.05, 0) is 30.4 Å². The fraction of sp³-hybridized carbons (Fsp3) is 0.457. The molecule has 0 bridgehead atoms. The van der Waals surface area contributed by atoms with Crippen LogP contribution in [0.3, 0.4) is 0 Å². The van der Waals surface area contributed by atoms with E-state index in [2.05, 4.69) is 26.0 Å². The largest absolute Gasteiger partial charge is 0.394 e. The van der Waals surface area contributed by atoms with Gasteiger partial charge in [0, 0.05) is 30.9 Å². The minimum atomic E-state index is -0.931. The van der Waals surface area contributed by atoms with Crippen molar-refractivity contribution in [1.82, 2.24) is 14.7 Å². The van der Waals surface area contributed by atoms with E-state index in [-0.39, 0.29) is 30.2 Å². The van der Waals surface area contributed by atoms with E-state index in [1.54, 1.807) is 16.7 Å². The zero-order valence-corrected chi connectivity index (χ0v) is 26.0. The fourth-order valence-corrected chi connectivity index (χ4v) is 9.81. The molecule has 226 valence electrons. The smallest absolute Gasteiger partial charge is 0.247 e. The molecule has 0 radical (unpaired) electrons. The summed E-state index contributed by atoms with van der Waals surface area (Å²) in [7, 11) is 0. The van der Waals surface area contributed by atoms with Gasteiger partial charge in [-0.25, -0.2) is 0 Å². The van der Waals surface area contributed by atoms with Crippen molar-refractivity contribution in [3.05, 3.63) is 96.1 Å². The number of amides is 3. The van der Waals surface area contributed by atoms with E-state index >= 15 is 0 Å². The number of rotatable bonds is 8. The Balaban J connectivity index is 1.43. The number of hydrogen-bond acceptors (Lipinski definition) is 5. The van der Waals surface area contributed by atoms with E-state index in [1.807, 2.05) is 89.5 Å². The van der Waals surface area contributed by atoms with E-state index in [0.717, 1.165) is 11.1 Å². The lowest BCUT2D eigenvalue weighted by molar-refractivity contribution is -0.147. The van der Waals surface area contributed by atoms with Crippen molar-refractivity contribution in [2.75, 3.05) is 19.7 Å². The highest BCUT2D eigenvalue weighted by atomic mass is 32.2. The highest BCUT2D eigenvalue weighted by Gasteiger charge is 2.74. The molecular weight excluding hydrogens is 558 g/mol. The van der Waals surface area contributed by atoms with Crippen molar-refractivity contribution in [2.24, 2.45) is 17.8 Å². The van der Waals surface area contributed by atoms with Gasteiger partial charge < -0.3 is 19.8 Å². The number of hydrogen-bond donors (Lipinski definition) is 1. The molecule has 3 amide bonds. The Labute approximate surface area is 258 Å². The van der Waals surface area contributed by atoms with Crippen LogP contribution < -0.4 is 0 Å². The van der Waals surface area contributed by atoms with Crippen LogP contribution in [0, 0.1) is 17.8 Å². The van der Waals surface area contributed by atoms with Crippen molar-refractivity contribution in [2.45, 2.75) is 61.9 Å². The Morgan fingerprint density at radius 1 is 0.814 bits per heavy atom. The van der Waals surface area contributed by atoms with Gasteiger partial charge in [-0.2, -0.15) is 0 Å². The number of likely N-dealkylation sites (tertiary alicyclic amines) is 1. The molecule has 0 aliphatic carbocycles. The summed E-state index contributed by atoms with van der Waals surface area (Å²) in [6, 6.07) is 18.5. The highest BCUT2D eigenvalue weighted by Crippen LogP contribution is 2.66. The standard InChI is InChI=1S/C35H41N3O4S/c1-24(2)20-27(23-39)38-30-33(42)37(22-26-14-8-5-9-15-26)19-11-17-35(30)29(32(38)41)28-31(40)36(18-10-16-34(28,3)43-35)21-25-12-6-4-7-13-25/h4-17,24,27-30,39H,18-23H2,1-3H3/t27-,28+,29+,30?,34-,35+/m1/s1. The van der Waals surface area contributed by atoms with Crippen LogP contribution in [0.15, 0.2) is 85.0 Å². The van der Waals surface area contributed by atoms with Gasteiger partial charge in [-0.15, -0.1) is 11.8 Å². The second-order valence-corrected chi connectivity index (χ2v) is 14.7. The Kier molecular flexibility index (Phi) is 8.03. The Morgan fingerprint density at radius 3 is 1.93 bits per heavy atom. The average Bonchev–Trinajstić information content (AvgIpc) is 3.28. The van der Waals surface area contributed by atoms with Crippen LogP contribution in [0.5, 0.6) is 0 Å². The van der Waals surface area contributed by atoms with Crippen LogP contribution in [-0.2, 0) is 27.5 Å². The van der Waals surface area contributed by atoms with E-state index < -0.39 is 33.4 Å². The van der Waals surface area contributed by atoms with E-state index in [9.17, 15) is 19.5 Å². The van der Waals surface area contributed by atoms with Crippen molar-refractivity contribution < 1.29 is 19.5 Å². The minimum absolute atomic E-state index is 0.0599. The molecule has 7 nitrogen and oxygen atoms in total. The lowest BCUT2D eigenvalue weighted by atomic mass is 9.74. The van der Waals surface area contributed by atoms with Crippen LogP contribution in [-0.4, -0.2) is 78.8 Å². The molecule has 2 saturated heterocycles. The second kappa shape index (κ2) is 11.6. The molecular formula is C35H41N3O4S. The molecule has 6 rings (SSSR count). The van der Waals surface area contributed by atoms with E-state index in [1.165, 1.54) is 0 Å². The number of benzene rings is 2. The molecule has 8 heteroatoms. The fourth-order valence-electron chi connectivity index (χ4n) is 7.66. The van der Waals surface area contributed by atoms with Gasteiger partial charge >= 0.3 is 0 Å². The number of aliphatic hydroxyl groups excluding tert-OH is 1. The minimum Gasteiger partial charge on any atom is -0.394 e. The van der Waals surface area contributed by atoms with Gasteiger partial charge in [0.05, 0.1) is 29.2 Å². The molecule has 4 aliphatic heterocycles. The molecule has 1 N–H and O–H groups in total. The summed E-state index contributed by atoms with van der Waals surface area (Å²) in [6.07, 6.45) is 8.77. The first-order valence-corrected chi connectivity index (χ1v) is 16.1. The van der Waals surface area contributed by atoms with Crippen molar-refractivity contribution in [3.8, 4) is 0 Å². The van der Waals surface area contributed by atoms with Crippen molar-refractivity contribution in [1.29, 1.82) is 0 Å². The van der Waals surface area contributed by atoms with Crippen LogP contribution in [0.25, 0.3) is 0 Å². The maximum atomic E-state index is 14.8. The number of fused-ring (bicyclic) bond motifs is 2. The second-order valence-electron chi connectivity index (χ2n) is 12.9. The van der Waals surface area contributed by atoms with Gasteiger partial charge in [0.2, 0.25) is 17.7 Å². The number of carbonyl (C=O) groups is 3. The first-order valence-electron chi connectivity index (χ1n) is 15.3. The van der Waals surface area contributed by atoms with Gasteiger partial charge in [-0.1, -0.05) is 98.8 Å². The first-order chi connectivity index (χ1) is 20.7. The highest BCUT2D eigenvalue weighted by molar-refractivity contribution is 8.02. The molecule has 2 aromatic rings. The number of carbonyl (C=O) groups excluding carboxylic acids is 3. The number of thioether (sulfide) groups is 1. The first kappa shape index (κ1) is 29.7. The van der Waals surface area contributed by atoms with Gasteiger partial charge in [0.15, 0.2) is 0 Å². The third kappa shape index (κ3) is 5.12. The van der Waals surface area contributed by atoms with Crippen molar-refractivity contribution >= 4 is 29.5 Å². The average molecular weight is 600 g/mol.